The van der Waals surface area contributed by atoms with Gasteiger partial charge in [0.25, 0.3) is 0 Å². The highest BCUT2D eigenvalue weighted by Crippen LogP contribution is 2.28. The Morgan fingerprint density at radius 2 is 2.15 bits per heavy atom. The fourth-order valence-corrected chi connectivity index (χ4v) is 2.08. The number of nitrogens with zero attached hydrogens (tertiary/aromatic N) is 3. The highest BCUT2D eigenvalue weighted by molar-refractivity contribution is 5.88. The lowest BCUT2D eigenvalue weighted by atomic mass is 10.2. The molecule has 0 bridgehead atoms. The average Bonchev–Trinajstić information content (AvgIpc) is 2.80. The summed E-state index contributed by atoms with van der Waals surface area (Å²) < 4.78 is 6.89. The molecule has 0 spiro atoms. The fraction of sp³-hybridized carbons (Fsp3) is 0.286. The van der Waals surface area contributed by atoms with Gasteiger partial charge in [-0.05, 0) is 12.1 Å². The van der Waals surface area contributed by atoms with Crippen molar-refractivity contribution in [2.75, 3.05) is 19.1 Å². The number of hydrogen-bond acceptors (Lipinski definition) is 4. The number of methoxy groups -OCH3 is 1. The number of anilines is 1. The molecule has 0 saturated heterocycles. The van der Waals surface area contributed by atoms with Gasteiger partial charge >= 0.3 is 5.97 Å². The van der Waals surface area contributed by atoms with Gasteiger partial charge < -0.3 is 14.7 Å². The summed E-state index contributed by atoms with van der Waals surface area (Å²) in [5.74, 6) is -0.226. The molecule has 6 nitrogen and oxygen atoms in total. The minimum absolute atomic E-state index is 0.217. The van der Waals surface area contributed by atoms with Gasteiger partial charge in [0.1, 0.15) is 11.3 Å². The Balaban J connectivity index is 2.30. The van der Waals surface area contributed by atoms with Crippen molar-refractivity contribution in [3.8, 4) is 5.75 Å². The van der Waals surface area contributed by atoms with Gasteiger partial charge in [-0.2, -0.15) is 5.10 Å². The van der Waals surface area contributed by atoms with Crippen LogP contribution in [0.2, 0.25) is 0 Å². The van der Waals surface area contributed by atoms with E-state index in [4.69, 9.17) is 9.84 Å². The van der Waals surface area contributed by atoms with E-state index in [0.717, 1.165) is 11.4 Å². The Kier molecular flexibility index (Phi) is 3.93. The zero-order valence-electron chi connectivity index (χ0n) is 11.7. The largest absolute Gasteiger partial charge is 0.495 e. The summed E-state index contributed by atoms with van der Waals surface area (Å²) in [5.41, 5.74) is 1.76. The van der Waals surface area contributed by atoms with Crippen LogP contribution in [0, 0.1) is 0 Å². The maximum absolute atomic E-state index is 11.2. The molecule has 6 heteroatoms. The first-order valence-electron chi connectivity index (χ1n) is 6.13. The second kappa shape index (κ2) is 5.64. The number of aromatic carboxylic acids is 1. The summed E-state index contributed by atoms with van der Waals surface area (Å²) >= 11 is 0. The Labute approximate surface area is 117 Å². The maximum Gasteiger partial charge on any atom is 0.339 e. The van der Waals surface area contributed by atoms with Gasteiger partial charge in [0, 0.05) is 14.1 Å². The van der Waals surface area contributed by atoms with E-state index >= 15 is 0 Å². The third-order valence-corrected chi connectivity index (χ3v) is 3.18. The van der Waals surface area contributed by atoms with Gasteiger partial charge in [-0.1, -0.05) is 12.1 Å². The van der Waals surface area contributed by atoms with E-state index in [0.29, 0.717) is 12.2 Å². The smallest absolute Gasteiger partial charge is 0.339 e. The van der Waals surface area contributed by atoms with Crippen LogP contribution in [0.15, 0.2) is 30.5 Å². The summed E-state index contributed by atoms with van der Waals surface area (Å²) in [5, 5.41) is 13.2. The predicted octanol–water partition coefficient (Wildman–Crippen LogP) is 1.76. The molecule has 0 fully saturated rings. The van der Waals surface area contributed by atoms with Crippen LogP contribution in [0.4, 0.5) is 5.69 Å². The Bertz CT molecular complexity index is 622. The third-order valence-electron chi connectivity index (χ3n) is 3.18. The van der Waals surface area contributed by atoms with E-state index in [2.05, 4.69) is 5.10 Å². The summed E-state index contributed by atoms with van der Waals surface area (Å²) in [7, 11) is 5.23. The number of carboxylic acids is 1. The SMILES string of the molecule is COc1ccccc1N(C)Cc1c(C(=O)O)cnn1C. The molecule has 1 heterocycles. The van der Waals surface area contributed by atoms with Crippen molar-refractivity contribution >= 4 is 11.7 Å². The topological polar surface area (TPSA) is 67.6 Å². The van der Waals surface area contributed by atoms with Gasteiger partial charge in [0.2, 0.25) is 0 Å². The molecule has 0 amide bonds. The first kappa shape index (κ1) is 13.9. The van der Waals surface area contributed by atoms with E-state index in [1.54, 1.807) is 18.8 Å². The second-order valence-electron chi connectivity index (χ2n) is 4.46. The van der Waals surface area contributed by atoms with Crippen LogP contribution >= 0.6 is 0 Å². The molecular weight excluding hydrogens is 258 g/mol. The number of carbonyl (C=O) groups is 1. The molecular formula is C14H17N3O3. The van der Waals surface area contributed by atoms with Crippen molar-refractivity contribution in [3.63, 3.8) is 0 Å². The summed E-state index contributed by atoms with van der Waals surface area (Å²) in [6, 6.07) is 7.60. The van der Waals surface area contributed by atoms with Crippen molar-refractivity contribution in [3.05, 3.63) is 41.7 Å². The van der Waals surface area contributed by atoms with Crippen molar-refractivity contribution in [1.29, 1.82) is 0 Å². The molecule has 20 heavy (non-hydrogen) atoms. The molecule has 1 aromatic heterocycles. The minimum Gasteiger partial charge on any atom is -0.495 e. The van der Waals surface area contributed by atoms with Crippen LogP contribution < -0.4 is 9.64 Å². The van der Waals surface area contributed by atoms with E-state index < -0.39 is 5.97 Å². The lowest BCUT2D eigenvalue weighted by Gasteiger charge is -2.22. The van der Waals surface area contributed by atoms with Crippen molar-refractivity contribution in [1.82, 2.24) is 9.78 Å². The molecule has 0 aliphatic rings. The van der Waals surface area contributed by atoms with E-state index in [1.165, 1.54) is 6.20 Å². The summed E-state index contributed by atoms with van der Waals surface area (Å²) in [6.45, 7) is 0.429. The molecule has 0 saturated carbocycles. The fourth-order valence-electron chi connectivity index (χ4n) is 2.08. The van der Waals surface area contributed by atoms with Gasteiger partial charge in [0.15, 0.2) is 0 Å². The van der Waals surface area contributed by atoms with Crippen LogP contribution in [-0.4, -0.2) is 35.0 Å². The van der Waals surface area contributed by atoms with Crippen LogP contribution in [0.3, 0.4) is 0 Å². The van der Waals surface area contributed by atoms with Gasteiger partial charge in [-0.3, -0.25) is 4.68 Å². The minimum atomic E-state index is -0.971. The number of hydrogen-bond donors (Lipinski definition) is 1. The number of rotatable bonds is 5. The monoisotopic (exact) mass is 275 g/mol. The number of para-hydroxylation sites is 2. The molecule has 0 unspecified atom stereocenters. The molecule has 2 aromatic rings. The van der Waals surface area contributed by atoms with E-state index in [1.807, 2.05) is 36.2 Å². The molecule has 0 aliphatic heterocycles. The first-order valence-corrected chi connectivity index (χ1v) is 6.13. The van der Waals surface area contributed by atoms with Crippen molar-refractivity contribution < 1.29 is 14.6 Å². The van der Waals surface area contributed by atoms with Crippen LogP contribution in [0.5, 0.6) is 5.75 Å². The van der Waals surface area contributed by atoms with E-state index in [-0.39, 0.29) is 5.56 Å². The molecule has 2 rings (SSSR count). The molecule has 0 aliphatic carbocycles. The Hall–Kier alpha value is -2.50. The number of ether oxygens (including phenoxy) is 1. The second-order valence-corrected chi connectivity index (χ2v) is 4.46. The van der Waals surface area contributed by atoms with Crippen LogP contribution in [-0.2, 0) is 13.6 Å². The molecule has 1 aromatic carbocycles. The zero-order chi connectivity index (χ0) is 14.7. The highest BCUT2D eigenvalue weighted by Gasteiger charge is 2.17. The molecule has 0 atom stereocenters. The van der Waals surface area contributed by atoms with Gasteiger partial charge in [-0.15, -0.1) is 0 Å². The van der Waals surface area contributed by atoms with Crippen molar-refractivity contribution in [2.24, 2.45) is 7.05 Å². The average molecular weight is 275 g/mol. The van der Waals surface area contributed by atoms with Crippen LogP contribution in [0.1, 0.15) is 16.1 Å². The van der Waals surface area contributed by atoms with Crippen molar-refractivity contribution in [2.45, 2.75) is 6.54 Å². The highest BCUT2D eigenvalue weighted by atomic mass is 16.5. The Morgan fingerprint density at radius 1 is 1.45 bits per heavy atom. The molecule has 0 radical (unpaired) electrons. The predicted molar refractivity (Wildman–Crippen MR) is 75.3 cm³/mol. The Morgan fingerprint density at radius 3 is 2.80 bits per heavy atom. The normalized spacial score (nSPS) is 10.3. The number of benzene rings is 1. The summed E-state index contributed by atoms with van der Waals surface area (Å²) in [6.07, 6.45) is 1.37. The number of aryl methyl sites for hydroxylation is 1. The quantitative estimate of drug-likeness (QED) is 0.900. The first-order chi connectivity index (χ1) is 9.54. The van der Waals surface area contributed by atoms with Crippen LogP contribution in [0.25, 0.3) is 0 Å². The zero-order valence-corrected chi connectivity index (χ0v) is 11.7. The summed E-state index contributed by atoms with van der Waals surface area (Å²) in [4.78, 5) is 13.1. The lowest BCUT2D eigenvalue weighted by Crippen LogP contribution is -2.21. The van der Waals surface area contributed by atoms with Gasteiger partial charge in [-0.25, -0.2) is 4.79 Å². The third kappa shape index (κ3) is 2.59. The standard InChI is InChI=1S/C14H17N3O3/c1-16(11-6-4-5-7-13(11)20-3)9-12-10(14(18)19)8-15-17(12)2/h4-8H,9H2,1-3H3,(H,18,19). The molecule has 1 N–H and O–H groups in total. The number of aromatic nitrogens is 2. The lowest BCUT2D eigenvalue weighted by molar-refractivity contribution is 0.0695. The molecule has 106 valence electrons. The van der Waals surface area contributed by atoms with E-state index in [9.17, 15) is 4.79 Å². The van der Waals surface area contributed by atoms with Gasteiger partial charge in [0.05, 0.1) is 31.2 Å². The maximum atomic E-state index is 11.2. The number of carboxylic acid groups (broad SMARTS) is 1.